The molecule has 1 aromatic heterocycles. The minimum Gasteiger partial charge on any atom is -0.252 e. The number of aliphatic imine (C=N–C) groups is 1. The third-order valence-corrected chi connectivity index (χ3v) is 8.00. The van der Waals surface area contributed by atoms with Gasteiger partial charge in [0.25, 0.3) is 0 Å². The van der Waals surface area contributed by atoms with Crippen molar-refractivity contribution in [2.45, 2.75) is 13.8 Å². The Kier molecular flexibility index (Phi) is 8.99. The Bertz CT molecular complexity index is 1790. The summed E-state index contributed by atoms with van der Waals surface area (Å²) in [7, 11) is 0. The molecule has 2 heteroatoms. The van der Waals surface area contributed by atoms with Gasteiger partial charge in [0, 0.05) is 23.0 Å². The molecule has 0 radical (unpaired) electrons. The highest BCUT2D eigenvalue weighted by atomic mass is 14.8. The fourth-order valence-electron chi connectivity index (χ4n) is 5.58. The number of hydrogen-bond acceptors (Lipinski definition) is 2. The second kappa shape index (κ2) is 13.8. The summed E-state index contributed by atoms with van der Waals surface area (Å²) >= 11 is 0. The molecular weight excluding hydrogens is 532 g/mol. The second-order valence-electron chi connectivity index (χ2n) is 11.0. The van der Waals surface area contributed by atoms with Gasteiger partial charge in [-0.05, 0) is 41.3 Å². The second-order valence-corrected chi connectivity index (χ2v) is 11.0. The van der Waals surface area contributed by atoms with Crippen molar-refractivity contribution < 1.29 is 0 Å². The fourth-order valence-corrected chi connectivity index (χ4v) is 5.58. The first-order chi connectivity index (χ1) is 21.7. The van der Waals surface area contributed by atoms with Crippen LogP contribution in [0.4, 0.5) is 0 Å². The Morgan fingerprint density at radius 3 is 1.66 bits per heavy atom. The van der Waals surface area contributed by atoms with Gasteiger partial charge in [0.05, 0.1) is 22.8 Å². The zero-order chi connectivity index (χ0) is 30.1. The van der Waals surface area contributed by atoms with Gasteiger partial charge in [0.2, 0.25) is 0 Å². The normalized spacial score (nSPS) is 17.1. The number of pyridine rings is 1. The molecule has 2 heterocycles. The van der Waals surface area contributed by atoms with E-state index in [4.69, 9.17) is 9.98 Å². The SMILES string of the molecule is C\C=C/C=C(\C=C\C1C=C(c2ccccc2)N=C(c2ccccc2)C1C)c1cc(-c2ccccc2)nc(-c2ccccc2)c1. The summed E-state index contributed by atoms with van der Waals surface area (Å²) in [5.41, 5.74) is 10.8. The average Bonchev–Trinajstić information content (AvgIpc) is 3.10. The van der Waals surface area contributed by atoms with Crippen LogP contribution in [0.25, 0.3) is 33.8 Å². The molecule has 0 aliphatic carbocycles. The molecule has 0 amide bonds. The molecule has 2 nitrogen and oxygen atoms in total. The molecular formula is C42H36N2. The molecule has 0 fully saturated rings. The maximum absolute atomic E-state index is 5.19. The van der Waals surface area contributed by atoms with Gasteiger partial charge in [-0.25, -0.2) is 4.98 Å². The maximum Gasteiger partial charge on any atom is 0.0715 e. The lowest BCUT2D eigenvalue weighted by molar-refractivity contribution is 0.642. The molecule has 6 rings (SSSR count). The van der Waals surface area contributed by atoms with Crippen LogP contribution in [0.2, 0.25) is 0 Å². The van der Waals surface area contributed by atoms with Gasteiger partial charge >= 0.3 is 0 Å². The van der Waals surface area contributed by atoms with Crippen LogP contribution in [0, 0.1) is 11.8 Å². The molecule has 214 valence electrons. The van der Waals surface area contributed by atoms with Crippen LogP contribution in [0.5, 0.6) is 0 Å². The summed E-state index contributed by atoms with van der Waals surface area (Å²) in [4.78, 5) is 10.3. The van der Waals surface area contributed by atoms with Crippen LogP contribution in [0.1, 0.15) is 30.5 Å². The molecule has 44 heavy (non-hydrogen) atoms. The predicted octanol–water partition coefficient (Wildman–Crippen LogP) is 10.7. The lowest BCUT2D eigenvalue weighted by atomic mass is 9.82. The van der Waals surface area contributed by atoms with Gasteiger partial charge in [0.15, 0.2) is 0 Å². The van der Waals surface area contributed by atoms with E-state index in [2.05, 4.69) is 172 Å². The molecule has 5 aromatic rings. The van der Waals surface area contributed by atoms with E-state index in [0.717, 1.165) is 50.6 Å². The molecule has 4 aromatic carbocycles. The van der Waals surface area contributed by atoms with E-state index in [1.165, 1.54) is 5.56 Å². The minimum atomic E-state index is 0.163. The molecule has 0 saturated carbocycles. The Balaban J connectivity index is 1.43. The summed E-state index contributed by atoms with van der Waals surface area (Å²) in [6.07, 6.45) is 13.3. The fraction of sp³-hybridized carbons (Fsp3) is 0.0952. The van der Waals surface area contributed by atoms with E-state index in [1.807, 2.05) is 12.1 Å². The zero-order valence-electron chi connectivity index (χ0n) is 25.2. The van der Waals surface area contributed by atoms with Crippen molar-refractivity contribution in [1.82, 2.24) is 4.98 Å². The first kappa shape index (κ1) is 28.8. The Hall–Kier alpha value is -5.34. The van der Waals surface area contributed by atoms with E-state index in [1.54, 1.807) is 0 Å². The number of allylic oxidation sites excluding steroid dienone is 7. The van der Waals surface area contributed by atoms with Crippen LogP contribution < -0.4 is 0 Å². The van der Waals surface area contributed by atoms with Crippen molar-refractivity contribution >= 4 is 17.0 Å². The molecule has 2 unspecified atom stereocenters. The van der Waals surface area contributed by atoms with Crippen LogP contribution >= 0.6 is 0 Å². The molecule has 1 aliphatic rings. The lowest BCUT2D eigenvalue weighted by Crippen LogP contribution is -2.23. The first-order valence-electron chi connectivity index (χ1n) is 15.3. The van der Waals surface area contributed by atoms with Crippen LogP contribution in [-0.2, 0) is 0 Å². The van der Waals surface area contributed by atoms with E-state index < -0.39 is 0 Å². The third kappa shape index (κ3) is 6.66. The van der Waals surface area contributed by atoms with Crippen molar-refractivity contribution in [3.05, 3.63) is 187 Å². The lowest BCUT2D eigenvalue weighted by Gasteiger charge is -2.26. The first-order valence-corrected chi connectivity index (χ1v) is 15.3. The number of aromatic nitrogens is 1. The monoisotopic (exact) mass is 568 g/mol. The summed E-state index contributed by atoms with van der Waals surface area (Å²) in [6, 6.07) is 46.3. The van der Waals surface area contributed by atoms with Crippen molar-refractivity contribution in [1.29, 1.82) is 0 Å². The van der Waals surface area contributed by atoms with Gasteiger partial charge < -0.3 is 0 Å². The zero-order valence-corrected chi connectivity index (χ0v) is 25.2. The molecule has 0 bridgehead atoms. The van der Waals surface area contributed by atoms with Gasteiger partial charge in [-0.1, -0.05) is 165 Å². The Morgan fingerprint density at radius 1 is 0.636 bits per heavy atom. The Labute approximate surface area is 261 Å². The van der Waals surface area contributed by atoms with Gasteiger partial charge in [0.1, 0.15) is 0 Å². The number of nitrogens with zero attached hydrogens (tertiary/aromatic N) is 2. The highest BCUT2D eigenvalue weighted by Gasteiger charge is 2.25. The summed E-state index contributed by atoms with van der Waals surface area (Å²) in [5, 5.41) is 0. The highest BCUT2D eigenvalue weighted by molar-refractivity contribution is 6.06. The summed E-state index contributed by atoms with van der Waals surface area (Å²) in [5.74, 6) is 0.372. The summed E-state index contributed by atoms with van der Waals surface area (Å²) < 4.78 is 0. The number of hydrogen-bond donors (Lipinski definition) is 0. The third-order valence-electron chi connectivity index (χ3n) is 8.00. The Morgan fingerprint density at radius 2 is 1.14 bits per heavy atom. The van der Waals surface area contributed by atoms with Crippen molar-refractivity contribution in [2.75, 3.05) is 0 Å². The van der Waals surface area contributed by atoms with Crippen LogP contribution in [0.3, 0.4) is 0 Å². The van der Waals surface area contributed by atoms with E-state index in [9.17, 15) is 0 Å². The van der Waals surface area contributed by atoms with Crippen LogP contribution in [0.15, 0.2) is 175 Å². The predicted molar refractivity (Wildman–Crippen MR) is 187 cm³/mol. The van der Waals surface area contributed by atoms with Gasteiger partial charge in [-0.15, -0.1) is 0 Å². The summed E-state index contributed by atoms with van der Waals surface area (Å²) in [6.45, 7) is 4.33. The molecule has 0 N–H and O–H groups in total. The minimum absolute atomic E-state index is 0.163. The van der Waals surface area contributed by atoms with Crippen molar-refractivity contribution in [3.63, 3.8) is 0 Å². The highest BCUT2D eigenvalue weighted by Crippen LogP contribution is 2.34. The smallest absolute Gasteiger partial charge is 0.0715 e. The van der Waals surface area contributed by atoms with E-state index >= 15 is 0 Å². The molecule has 2 atom stereocenters. The van der Waals surface area contributed by atoms with Crippen molar-refractivity contribution in [2.24, 2.45) is 16.8 Å². The quantitative estimate of drug-likeness (QED) is 0.171. The average molecular weight is 569 g/mol. The molecule has 0 spiro atoms. The topological polar surface area (TPSA) is 25.2 Å². The van der Waals surface area contributed by atoms with Gasteiger partial charge in [-0.2, -0.15) is 0 Å². The van der Waals surface area contributed by atoms with Gasteiger partial charge in [-0.3, -0.25) is 4.99 Å². The number of benzene rings is 4. The van der Waals surface area contributed by atoms with E-state index in [0.29, 0.717) is 0 Å². The largest absolute Gasteiger partial charge is 0.252 e. The standard InChI is InChI=1S/C42H36N2/c1-3-4-17-32(38-29-39(33-18-9-5-10-19-33)43-40(30-38)34-20-11-6-12-21-34)26-27-37-28-41(35-22-13-7-14-23-35)44-42(31(37)2)36-24-15-8-16-25-36/h3-31,37H,1-2H3/b4-3-,27-26+,32-17+. The maximum atomic E-state index is 5.19. The van der Waals surface area contributed by atoms with Crippen LogP contribution in [-0.4, -0.2) is 10.7 Å². The van der Waals surface area contributed by atoms with Crippen molar-refractivity contribution in [3.8, 4) is 22.5 Å². The van der Waals surface area contributed by atoms with E-state index in [-0.39, 0.29) is 11.8 Å². The molecule has 1 aliphatic heterocycles. The molecule has 0 saturated heterocycles. The number of rotatable bonds is 8.